The molecular formula is C17H10Cl2N2O3S2. The Bertz CT molecular complexity index is 939. The number of nitrogens with one attached hydrogen (secondary N) is 1. The van der Waals surface area contributed by atoms with Crippen molar-refractivity contribution in [3.63, 3.8) is 0 Å². The fourth-order valence-corrected chi connectivity index (χ4v) is 3.66. The van der Waals surface area contributed by atoms with Gasteiger partial charge in [-0.3, -0.25) is 15.0 Å². The lowest BCUT2D eigenvalue weighted by Crippen LogP contribution is -2.44. The van der Waals surface area contributed by atoms with Crippen molar-refractivity contribution in [1.82, 2.24) is 10.4 Å². The quantitative estimate of drug-likeness (QED) is 0.569. The van der Waals surface area contributed by atoms with Crippen LogP contribution in [0.25, 0.3) is 6.08 Å². The van der Waals surface area contributed by atoms with Gasteiger partial charge in [0.05, 0.1) is 21.8 Å². The largest absolute Gasteiger partial charge is 0.465 e. The number of furan rings is 1. The van der Waals surface area contributed by atoms with Crippen LogP contribution in [0.15, 0.2) is 58.1 Å². The van der Waals surface area contributed by atoms with Crippen LogP contribution in [0.2, 0.25) is 10.0 Å². The fourth-order valence-electron chi connectivity index (χ4n) is 2.03. The summed E-state index contributed by atoms with van der Waals surface area (Å²) in [6, 6.07) is 8.00. The second-order valence-corrected chi connectivity index (χ2v) is 7.50. The molecule has 2 aromatic rings. The summed E-state index contributed by atoms with van der Waals surface area (Å²) >= 11 is 18.1. The summed E-state index contributed by atoms with van der Waals surface area (Å²) in [5.41, 5.74) is 2.65. The van der Waals surface area contributed by atoms with E-state index in [4.69, 9.17) is 39.8 Å². The van der Waals surface area contributed by atoms with E-state index in [0.29, 0.717) is 15.7 Å². The molecule has 132 valence electrons. The Hall–Kier alpha value is -2.06. The molecule has 2 amide bonds. The second-order valence-electron chi connectivity index (χ2n) is 4.98. The van der Waals surface area contributed by atoms with Gasteiger partial charge in [0.2, 0.25) is 0 Å². The Labute approximate surface area is 168 Å². The van der Waals surface area contributed by atoms with E-state index >= 15 is 0 Å². The number of carbonyl (C=O) groups excluding carboxylic acids is 2. The monoisotopic (exact) mass is 424 g/mol. The third-order valence-electron chi connectivity index (χ3n) is 3.23. The van der Waals surface area contributed by atoms with E-state index < -0.39 is 11.8 Å². The molecule has 1 N–H and O–H groups in total. The smallest absolute Gasteiger partial charge is 0.285 e. The van der Waals surface area contributed by atoms with Crippen molar-refractivity contribution in [3.8, 4) is 0 Å². The first kappa shape index (κ1) is 18.7. The van der Waals surface area contributed by atoms with Crippen LogP contribution < -0.4 is 5.43 Å². The summed E-state index contributed by atoms with van der Waals surface area (Å²) < 4.78 is 5.38. The van der Waals surface area contributed by atoms with Crippen molar-refractivity contribution in [3.05, 3.63) is 75.0 Å². The molecule has 1 aliphatic heterocycles. The van der Waals surface area contributed by atoms with E-state index in [1.807, 2.05) is 0 Å². The normalized spacial score (nSPS) is 16.1. The Balaban J connectivity index is 1.71. The van der Waals surface area contributed by atoms with Gasteiger partial charge in [-0.1, -0.05) is 41.0 Å². The lowest BCUT2D eigenvalue weighted by atomic mass is 10.2. The molecule has 2 heterocycles. The number of hydrogen-bond acceptors (Lipinski definition) is 5. The van der Waals surface area contributed by atoms with Crippen molar-refractivity contribution < 1.29 is 14.0 Å². The molecule has 3 rings (SSSR count). The Morgan fingerprint density at radius 3 is 2.81 bits per heavy atom. The standard InChI is InChI=1S/C17H10Cl2N2O3S2/c18-10-6-7-12(13(19)9-10)15(22)20-21-16(23)14(26-17(21)25)5-1-3-11-4-2-8-24-11/h1-9H,(H,20,22)/b3-1+,14-5+. The molecule has 9 heteroatoms. The van der Waals surface area contributed by atoms with E-state index in [2.05, 4.69) is 5.43 Å². The maximum Gasteiger partial charge on any atom is 0.285 e. The second kappa shape index (κ2) is 8.09. The zero-order valence-electron chi connectivity index (χ0n) is 12.9. The zero-order valence-corrected chi connectivity index (χ0v) is 16.1. The van der Waals surface area contributed by atoms with E-state index in [1.165, 1.54) is 18.2 Å². The molecule has 5 nitrogen and oxygen atoms in total. The average Bonchev–Trinajstić information content (AvgIpc) is 3.19. The topological polar surface area (TPSA) is 62.6 Å². The molecule has 1 aliphatic rings. The number of halogens is 2. The van der Waals surface area contributed by atoms with Gasteiger partial charge < -0.3 is 4.42 Å². The van der Waals surface area contributed by atoms with Crippen LogP contribution in [0.1, 0.15) is 16.1 Å². The summed E-state index contributed by atoms with van der Waals surface area (Å²) in [5.74, 6) is -0.333. The van der Waals surface area contributed by atoms with Crippen molar-refractivity contribution in [2.75, 3.05) is 0 Å². The predicted octanol–water partition coefficient (Wildman–Crippen LogP) is 4.69. The molecule has 0 saturated carbocycles. The van der Waals surface area contributed by atoms with Gasteiger partial charge in [-0.2, -0.15) is 5.01 Å². The first-order valence-electron chi connectivity index (χ1n) is 7.20. The van der Waals surface area contributed by atoms with Gasteiger partial charge in [-0.15, -0.1) is 0 Å². The van der Waals surface area contributed by atoms with Crippen LogP contribution >= 0.6 is 47.2 Å². The van der Waals surface area contributed by atoms with Gasteiger partial charge in [0, 0.05) is 5.02 Å². The zero-order chi connectivity index (χ0) is 18.7. The van der Waals surface area contributed by atoms with Crippen LogP contribution in [0.3, 0.4) is 0 Å². The number of hydrazine groups is 1. The van der Waals surface area contributed by atoms with Crippen LogP contribution in [-0.4, -0.2) is 21.1 Å². The molecule has 26 heavy (non-hydrogen) atoms. The van der Waals surface area contributed by atoms with Gasteiger partial charge in [0.1, 0.15) is 5.76 Å². The Morgan fingerprint density at radius 2 is 2.12 bits per heavy atom. The number of hydrogen-bond donors (Lipinski definition) is 1. The van der Waals surface area contributed by atoms with Crippen molar-refractivity contribution in [2.45, 2.75) is 0 Å². The number of allylic oxidation sites excluding steroid dienone is 2. The first-order chi connectivity index (χ1) is 12.5. The molecule has 0 bridgehead atoms. The highest BCUT2D eigenvalue weighted by Gasteiger charge is 2.33. The van der Waals surface area contributed by atoms with Crippen molar-refractivity contribution >= 4 is 69.4 Å². The van der Waals surface area contributed by atoms with E-state index in [-0.39, 0.29) is 14.9 Å². The van der Waals surface area contributed by atoms with Crippen molar-refractivity contribution in [1.29, 1.82) is 0 Å². The van der Waals surface area contributed by atoms with Gasteiger partial charge >= 0.3 is 0 Å². The molecule has 1 saturated heterocycles. The molecule has 1 aromatic carbocycles. The lowest BCUT2D eigenvalue weighted by Gasteiger charge is -2.16. The highest BCUT2D eigenvalue weighted by Crippen LogP contribution is 2.30. The summed E-state index contributed by atoms with van der Waals surface area (Å²) in [7, 11) is 0. The van der Waals surface area contributed by atoms with E-state index in [9.17, 15) is 9.59 Å². The molecule has 0 radical (unpaired) electrons. The predicted molar refractivity (Wildman–Crippen MR) is 107 cm³/mol. The Morgan fingerprint density at radius 1 is 1.31 bits per heavy atom. The van der Waals surface area contributed by atoms with E-state index in [1.54, 1.807) is 36.6 Å². The van der Waals surface area contributed by atoms with Gasteiger partial charge in [-0.25, -0.2) is 0 Å². The van der Waals surface area contributed by atoms with Crippen LogP contribution in [0, 0.1) is 0 Å². The summed E-state index contributed by atoms with van der Waals surface area (Å²) in [4.78, 5) is 25.2. The number of thioether (sulfide) groups is 1. The third-order valence-corrected chi connectivity index (χ3v) is 5.10. The number of rotatable bonds is 4. The van der Waals surface area contributed by atoms with Gasteiger partial charge in [-0.05, 0) is 54.7 Å². The third kappa shape index (κ3) is 4.19. The van der Waals surface area contributed by atoms with E-state index in [0.717, 1.165) is 16.8 Å². The number of amides is 2. The highest BCUT2D eigenvalue weighted by molar-refractivity contribution is 8.26. The minimum Gasteiger partial charge on any atom is -0.465 e. The highest BCUT2D eigenvalue weighted by atomic mass is 35.5. The average molecular weight is 425 g/mol. The molecule has 1 aromatic heterocycles. The molecule has 1 fully saturated rings. The SMILES string of the molecule is O=C(NN1C(=O)/C(=C\C=C\c2ccco2)SC1=S)c1ccc(Cl)cc1Cl. The van der Waals surface area contributed by atoms with Crippen LogP contribution in [0.4, 0.5) is 0 Å². The maximum atomic E-state index is 12.4. The Kier molecular flexibility index (Phi) is 5.83. The van der Waals surface area contributed by atoms with Gasteiger partial charge in [0.25, 0.3) is 11.8 Å². The van der Waals surface area contributed by atoms with Crippen LogP contribution in [0.5, 0.6) is 0 Å². The number of thiocarbonyl (C=S) groups is 1. The lowest BCUT2D eigenvalue weighted by molar-refractivity contribution is -0.123. The first-order valence-corrected chi connectivity index (χ1v) is 9.18. The maximum absolute atomic E-state index is 12.4. The fraction of sp³-hybridized carbons (Fsp3) is 0. The minimum absolute atomic E-state index is 0.178. The molecule has 0 unspecified atom stereocenters. The molecule has 0 aliphatic carbocycles. The van der Waals surface area contributed by atoms with Gasteiger partial charge in [0.15, 0.2) is 4.32 Å². The summed E-state index contributed by atoms with van der Waals surface area (Å²) in [6.45, 7) is 0. The minimum atomic E-state index is -0.560. The molecular weight excluding hydrogens is 415 g/mol. The number of nitrogens with zero attached hydrogens (tertiary/aromatic N) is 1. The number of benzene rings is 1. The van der Waals surface area contributed by atoms with Crippen LogP contribution in [-0.2, 0) is 4.79 Å². The summed E-state index contributed by atoms with van der Waals surface area (Å²) in [6.07, 6.45) is 6.53. The molecule has 0 atom stereocenters. The molecule has 0 spiro atoms. The van der Waals surface area contributed by atoms with Crippen molar-refractivity contribution in [2.24, 2.45) is 0 Å². The number of carbonyl (C=O) groups is 2. The summed E-state index contributed by atoms with van der Waals surface area (Å²) in [5, 5.41) is 1.60.